The van der Waals surface area contributed by atoms with Crippen molar-refractivity contribution in [3.05, 3.63) is 63.8 Å². The van der Waals surface area contributed by atoms with E-state index < -0.39 is 5.97 Å². The van der Waals surface area contributed by atoms with Crippen LogP contribution in [0.5, 0.6) is 5.75 Å². The van der Waals surface area contributed by atoms with Crippen molar-refractivity contribution >= 4 is 16.7 Å². The van der Waals surface area contributed by atoms with Crippen molar-refractivity contribution in [2.75, 3.05) is 14.2 Å². The average molecular weight is 405 g/mol. The molecule has 1 N–H and O–H groups in total. The number of nitrogens with zero attached hydrogens (tertiary/aromatic N) is 4. The number of ether oxygens (including phenoxy) is 2. The molecule has 0 saturated carbocycles. The predicted octanol–water partition coefficient (Wildman–Crippen LogP) is 2.58. The number of methoxy groups -OCH3 is 2. The summed E-state index contributed by atoms with van der Waals surface area (Å²) in [6.45, 7) is 3.43. The minimum Gasteiger partial charge on any atom is -0.497 e. The van der Waals surface area contributed by atoms with Crippen LogP contribution in [0, 0.1) is 13.8 Å². The van der Waals surface area contributed by atoms with Gasteiger partial charge in [0.15, 0.2) is 5.82 Å². The summed E-state index contributed by atoms with van der Waals surface area (Å²) in [6, 6.07) is 8.97. The maximum atomic E-state index is 13.2. The van der Waals surface area contributed by atoms with Crippen LogP contribution in [0.3, 0.4) is 0 Å². The standard InChI is InChI=1S/C21H19N5O4/c1-11-16-15(17(12(2)22-11)20(28)30-4)9-10-26(19(16)27)21-23-18(24-25-21)13-5-7-14(29-3)8-6-13/h5-10H,1-4H3,(H,23,24,25). The largest absolute Gasteiger partial charge is 0.497 e. The Morgan fingerprint density at radius 2 is 1.77 bits per heavy atom. The van der Waals surface area contributed by atoms with E-state index in [0.717, 1.165) is 11.3 Å². The number of aromatic amines is 1. The first-order valence-corrected chi connectivity index (χ1v) is 9.12. The zero-order valence-corrected chi connectivity index (χ0v) is 16.9. The normalized spacial score (nSPS) is 10.9. The minimum atomic E-state index is -0.540. The lowest BCUT2D eigenvalue weighted by Gasteiger charge is -2.11. The smallest absolute Gasteiger partial charge is 0.340 e. The number of H-pyrrole nitrogens is 1. The van der Waals surface area contributed by atoms with Gasteiger partial charge in [-0.15, -0.1) is 5.10 Å². The van der Waals surface area contributed by atoms with Gasteiger partial charge in [-0.25, -0.2) is 4.79 Å². The highest BCUT2D eigenvalue weighted by Crippen LogP contribution is 2.23. The van der Waals surface area contributed by atoms with Crippen molar-refractivity contribution in [1.29, 1.82) is 0 Å². The van der Waals surface area contributed by atoms with Gasteiger partial charge in [0.2, 0.25) is 0 Å². The lowest BCUT2D eigenvalue weighted by Crippen LogP contribution is -2.21. The Labute approximate surface area is 171 Å². The maximum Gasteiger partial charge on any atom is 0.340 e. The first-order chi connectivity index (χ1) is 14.4. The molecule has 0 aliphatic heterocycles. The third-order valence-electron chi connectivity index (χ3n) is 4.86. The van der Waals surface area contributed by atoms with Crippen LogP contribution < -0.4 is 10.3 Å². The first kappa shape index (κ1) is 19.3. The van der Waals surface area contributed by atoms with Crippen molar-refractivity contribution in [3.8, 4) is 23.1 Å². The molecule has 152 valence electrons. The number of hydrogen-bond acceptors (Lipinski definition) is 7. The number of esters is 1. The molecule has 0 saturated heterocycles. The van der Waals surface area contributed by atoms with Crippen molar-refractivity contribution in [1.82, 2.24) is 24.7 Å². The van der Waals surface area contributed by atoms with E-state index in [2.05, 4.69) is 20.2 Å². The molecule has 0 aliphatic carbocycles. The quantitative estimate of drug-likeness (QED) is 0.519. The maximum absolute atomic E-state index is 13.2. The Bertz CT molecular complexity index is 1320. The molecule has 4 rings (SSSR count). The molecule has 0 atom stereocenters. The number of aromatic nitrogens is 5. The number of benzene rings is 1. The highest BCUT2D eigenvalue weighted by Gasteiger charge is 2.20. The average Bonchev–Trinajstić information content (AvgIpc) is 3.23. The second kappa shape index (κ2) is 7.43. The van der Waals surface area contributed by atoms with Crippen LogP contribution in [0.1, 0.15) is 21.7 Å². The molecule has 30 heavy (non-hydrogen) atoms. The molecule has 4 aromatic rings. The minimum absolute atomic E-state index is 0.187. The van der Waals surface area contributed by atoms with Crippen LogP contribution in [-0.4, -0.2) is 44.9 Å². The number of aryl methyl sites for hydroxylation is 2. The molecule has 0 fully saturated rings. The topological polar surface area (TPSA) is 112 Å². The molecule has 0 unspecified atom stereocenters. The number of fused-ring (bicyclic) bond motifs is 1. The molecule has 0 spiro atoms. The van der Waals surface area contributed by atoms with Crippen molar-refractivity contribution in [2.24, 2.45) is 0 Å². The molecule has 0 radical (unpaired) electrons. The summed E-state index contributed by atoms with van der Waals surface area (Å²) in [5, 5.41) is 7.83. The molecule has 9 nitrogen and oxygen atoms in total. The fraction of sp³-hybridized carbons (Fsp3) is 0.190. The number of nitrogens with one attached hydrogen (secondary N) is 1. The van der Waals surface area contributed by atoms with Gasteiger partial charge in [0, 0.05) is 17.1 Å². The second-order valence-corrected chi connectivity index (χ2v) is 6.64. The van der Waals surface area contributed by atoms with Crippen molar-refractivity contribution in [3.63, 3.8) is 0 Å². The van der Waals surface area contributed by atoms with Crippen LogP contribution in [0.25, 0.3) is 28.1 Å². The van der Waals surface area contributed by atoms with E-state index in [1.165, 1.54) is 17.9 Å². The monoisotopic (exact) mass is 405 g/mol. The van der Waals surface area contributed by atoms with Crippen molar-refractivity contribution < 1.29 is 14.3 Å². The van der Waals surface area contributed by atoms with Gasteiger partial charge >= 0.3 is 5.97 Å². The summed E-state index contributed by atoms with van der Waals surface area (Å²) in [4.78, 5) is 34.2. The van der Waals surface area contributed by atoms with Gasteiger partial charge < -0.3 is 9.47 Å². The zero-order valence-electron chi connectivity index (χ0n) is 16.9. The third-order valence-corrected chi connectivity index (χ3v) is 4.86. The summed E-state index contributed by atoms with van der Waals surface area (Å²) < 4.78 is 11.3. The summed E-state index contributed by atoms with van der Waals surface area (Å²) in [7, 11) is 2.89. The number of carbonyl (C=O) groups is 1. The zero-order chi connectivity index (χ0) is 21.4. The number of rotatable bonds is 4. The highest BCUT2D eigenvalue weighted by molar-refractivity contribution is 6.05. The first-order valence-electron chi connectivity index (χ1n) is 9.12. The predicted molar refractivity (Wildman–Crippen MR) is 110 cm³/mol. The van der Waals surface area contributed by atoms with Crippen molar-refractivity contribution in [2.45, 2.75) is 13.8 Å². The van der Waals surface area contributed by atoms with E-state index in [0.29, 0.717) is 28.0 Å². The highest BCUT2D eigenvalue weighted by atomic mass is 16.5. The molecule has 3 heterocycles. The molecule has 9 heteroatoms. The van der Waals surface area contributed by atoms with Gasteiger partial charge in [0.1, 0.15) is 5.75 Å². The molecule has 0 aliphatic rings. The summed E-state index contributed by atoms with van der Waals surface area (Å²) in [6.07, 6.45) is 1.54. The van der Waals surface area contributed by atoms with E-state index >= 15 is 0 Å². The molecule has 1 aromatic carbocycles. The second-order valence-electron chi connectivity index (χ2n) is 6.64. The lowest BCUT2D eigenvalue weighted by molar-refractivity contribution is 0.0601. The Morgan fingerprint density at radius 1 is 1.03 bits per heavy atom. The van der Waals surface area contributed by atoms with Gasteiger partial charge in [-0.05, 0) is 44.2 Å². The van der Waals surface area contributed by atoms with Gasteiger partial charge in [0.25, 0.3) is 11.5 Å². The van der Waals surface area contributed by atoms with E-state index in [9.17, 15) is 9.59 Å². The number of carbonyl (C=O) groups excluding carboxylic acids is 1. The summed E-state index contributed by atoms with van der Waals surface area (Å²) in [5.41, 5.74) is 1.72. The molecule has 0 amide bonds. The number of pyridine rings is 2. The third kappa shape index (κ3) is 3.10. The van der Waals surface area contributed by atoms with Gasteiger partial charge in [-0.3, -0.25) is 19.4 Å². The van der Waals surface area contributed by atoms with Crippen LogP contribution in [0.2, 0.25) is 0 Å². The van der Waals surface area contributed by atoms with E-state index in [-0.39, 0.29) is 17.1 Å². The lowest BCUT2D eigenvalue weighted by atomic mass is 10.0. The molecular formula is C21H19N5O4. The van der Waals surface area contributed by atoms with Gasteiger partial charge in [-0.2, -0.15) is 4.98 Å². The van der Waals surface area contributed by atoms with Crippen LogP contribution >= 0.6 is 0 Å². The molecular weight excluding hydrogens is 386 g/mol. The van der Waals surface area contributed by atoms with Gasteiger partial charge in [0.05, 0.1) is 36.6 Å². The number of hydrogen-bond donors (Lipinski definition) is 1. The van der Waals surface area contributed by atoms with Crippen LogP contribution in [0.15, 0.2) is 41.3 Å². The van der Waals surface area contributed by atoms with E-state index in [1.807, 2.05) is 24.3 Å². The molecule has 0 bridgehead atoms. The SMILES string of the molecule is COC(=O)c1c(C)nc(C)c2c(=O)n(-c3n[nH]c(-c4ccc(OC)cc4)n3)ccc12. The van der Waals surface area contributed by atoms with E-state index in [4.69, 9.17) is 9.47 Å². The summed E-state index contributed by atoms with van der Waals surface area (Å²) in [5.74, 6) is 0.881. The Morgan fingerprint density at radius 3 is 2.43 bits per heavy atom. The Hall–Kier alpha value is -4.01. The van der Waals surface area contributed by atoms with Crippen LogP contribution in [-0.2, 0) is 4.74 Å². The summed E-state index contributed by atoms with van der Waals surface area (Å²) >= 11 is 0. The van der Waals surface area contributed by atoms with E-state index in [1.54, 1.807) is 27.0 Å². The molecule has 3 aromatic heterocycles. The fourth-order valence-electron chi connectivity index (χ4n) is 3.41. The van der Waals surface area contributed by atoms with Crippen LogP contribution in [0.4, 0.5) is 0 Å². The Kier molecular flexibility index (Phi) is 4.78. The van der Waals surface area contributed by atoms with Gasteiger partial charge in [-0.1, -0.05) is 0 Å². The fourth-order valence-corrected chi connectivity index (χ4v) is 3.41. The Balaban J connectivity index is 1.85.